The topological polar surface area (TPSA) is 77.7 Å². The van der Waals surface area contributed by atoms with Gasteiger partial charge in [0, 0.05) is 11.3 Å². The van der Waals surface area contributed by atoms with E-state index in [-0.39, 0.29) is 0 Å². The quantitative estimate of drug-likeness (QED) is 0.724. The number of piperidine rings is 1. The maximum Gasteiger partial charge on any atom is 0.230 e. The minimum Gasteiger partial charge on any atom is -0.324 e. The van der Waals surface area contributed by atoms with Crippen molar-refractivity contribution in [1.82, 2.24) is 19.9 Å². The zero-order valence-electron chi connectivity index (χ0n) is 16.8. The van der Waals surface area contributed by atoms with E-state index in [1.54, 1.807) is 12.1 Å². The van der Waals surface area contributed by atoms with Crippen molar-refractivity contribution >= 4 is 11.6 Å². The first kappa shape index (κ1) is 19.0. The predicted octanol–water partition coefficient (Wildman–Crippen LogP) is 4.27. The molecular weight excluding hydrogens is 360 g/mol. The van der Waals surface area contributed by atoms with E-state index in [1.807, 2.05) is 12.1 Å². The van der Waals surface area contributed by atoms with Crippen LogP contribution in [0.15, 0.2) is 48.8 Å². The number of rotatable bonds is 4. The summed E-state index contributed by atoms with van der Waals surface area (Å²) in [6.45, 7) is 4.49. The predicted molar refractivity (Wildman–Crippen MR) is 114 cm³/mol. The average Bonchev–Trinajstić information content (AvgIpc) is 2.75. The van der Waals surface area contributed by atoms with Gasteiger partial charge in [-0.3, -0.25) is 0 Å². The Bertz CT molecular complexity index is 1030. The van der Waals surface area contributed by atoms with Crippen LogP contribution in [0.2, 0.25) is 0 Å². The molecule has 29 heavy (non-hydrogen) atoms. The zero-order valence-corrected chi connectivity index (χ0v) is 16.8. The van der Waals surface area contributed by atoms with Crippen LogP contribution in [0.25, 0.3) is 11.4 Å². The molecule has 1 aromatic heterocycles. The van der Waals surface area contributed by atoms with Crippen molar-refractivity contribution in [3.8, 4) is 17.5 Å². The third-order valence-corrected chi connectivity index (χ3v) is 5.53. The Balaban J connectivity index is 1.50. The van der Waals surface area contributed by atoms with E-state index in [4.69, 9.17) is 5.26 Å². The van der Waals surface area contributed by atoms with E-state index in [1.165, 1.54) is 30.3 Å². The number of nitriles is 1. The molecule has 1 fully saturated rings. The van der Waals surface area contributed by atoms with E-state index in [0.29, 0.717) is 23.3 Å². The molecule has 0 unspecified atom stereocenters. The van der Waals surface area contributed by atoms with Gasteiger partial charge in [0.25, 0.3) is 0 Å². The van der Waals surface area contributed by atoms with Crippen LogP contribution in [0.3, 0.4) is 0 Å². The molecule has 0 aliphatic carbocycles. The lowest BCUT2D eigenvalue weighted by Gasteiger charge is -2.30. The Hall–Kier alpha value is -3.30. The summed E-state index contributed by atoms with van der Waals surface area (Å²) >= 11 is 0. The fraction of sp³-hybridized carbons (Fsp3) is 0.304. The Kier molecular flexibility index (Phi) is 5.50. The molecule has 0 spiro atoms. The summed E-state index contributed by atoms with van der Waals surface area (Å²) in [5.74, 6) is 1.72. The van der Waals surface area contributed by atoms with Crippen LogP contribution in [0.5, 0.6) is 0 Å². The van der Waals surface area contributed by atoms with Crippen molar-refractivity contribution in [2.24, 2.45) is 0 Å². The van der Waals surface area contributed by atoms with Crippen LogP contribution < -0.4 is 5.32 Å². The van der Waals surface area contributed by atoms with Crippen molar-refractivity contribution in [2.45, 2.75) is 25.7 Å². The van der Waals surface area contributed by atoms with Gasteiger partial charge in [-0.15, -0.1) is 0 Å². The molecule has 2 aromatic carbocycles. The van der Waals surface area contributed by atoms with Crippen molar-refractivity contribution in [2.75, 3.05) is 25.5 Å². The van der Waals surface area contributed by atoms with Crippen molar-refractivity contribution in [1.29, 1.82) is 5.26 Å². The van der Waals surface area contributed by atoms with Gasteiger partial charge in [-0.2, -0.15) is 10.2 Å². The first-order chi connectivity index (χ1) is 14.1. The minimum atomic E-state index is 0.505. The summed E-state index contributed by atoms with van der Waals surface area (Å²) in [6.07, 6.45) is 3.93. The average molecular weight is 384 g/mol. The Morgan fingerprint density at radius 1 is 1.07 bits per heavy atom. The van der Waals surface area contributed by atoms with Crippen LogP contribution in [0.1, 0.15) is 35.4 Å². The Morgan fingerprint density at radius 3 is 2.52 bits per heavy atom. The Morgan fingerprint density at radius 2 is 1.83 bits per heavy atom. The second-order valence-corrected chi connectivity index (χ2v) is 7.60. The van der Waals surface area contributed by atoms with Crippen LogP contribution in [0, 0.1) is 18.3 Å². The van der Waals surface area contributed by atoms with Gasteiger partial charge in [-0.1, -0.05) is 6.07 Å². The van der Waals surface area contributed by atoms with Gasteiger partial charge in [0.15, 0.2) is 5.82 Å². The second kappa shape index (κ2) is 8.38. The summed E-state index contributed by atoms with van der Waals surface area (Å²) in [6, 6.07) is 15.8. The highest BCUT2D eigenvalue weighted by Gasteiger charge is 2.19. The zero-order chi connectivity index (χ0) is 20.2. The summed E-state index contributed by atoms with van der Waals surface area (Å²) in [5.41, 5.74) is 5.17. The van der Waals surface area contributed by atoms with Crippen LogP contribution in [-0.2, 0) is 0 Å². The number of nitrogens with one attached hydrogen (secondary N) is 1. The molecule has 3 aromatic rings. The van der Waals surface area contributed by atoms with E-state index >= 15 is 0 Å². The molecule has 2 heterocycles. The number of hydrogen-bond acceptors (Lipinski definition) is 6. The molecule has 1 aliphatic rings. The van der Waals surface area contributed by atoms with Crippen LogP contribution in [-0.4, -0.2) is 40.0 Å². The maximum absolute atomic E-state index is 8.94. The lowest BCUT2D eigenvalue weighted by molar-refractivity contribution is 0.255. The number of aromatic nitrogens is 3. The van der Waals surface area contributed by atoms with Crippen LogP contribution in [0.4, 0.5) is 11.6 Å². The van der Waals surface area contributed by atoms with E-state index < -0.39 is 0 Å². The molecule has 0 atom stereocenters. The molecule has 4 rings (SSSR count). The number of benzene rings is 2. The third kappa shape index (κ3) is 4.41. The lowest BCUT2D eigenvalue weighted by atomic mass is 9.87. The SMILES string of the molecule is Cc1cc(Nc2ncnc(-c3ccc(C#N)cc3)n2)ccc1C1CCN(C)CC1. The molecule has 1 saturated heterocycles. The summed E-state index contributed by atoms with van der Waals surface area (Å²) < 4.78 is 0. The number of hydrogen-bond donors (Lipinski definition) is 1. The van der Waals surface area contributed by atoms with E-state index in [0.717, 1.165) is 24.3 Å². The maximum atomic E-state index is 8.94. The molecule has 0 amide bonds. The molecule has 0 saturated carbocycles. The number of nitrogens with zero attached hydrogens (tertiary/aromatic N) is 5. The highest BCUT2D eigenvalue weighted by Crippen LogP contribution is 2.31. The van der Waals surface area contributed by atoms with Gasteiger partial charge < -0.3 is 10.2 Å². The standard InChI is InChI=1S/C23H24N6/c1-16-13-20(7-8-21(16)18-9-11-29(2)12-10-18)27-23-26-15-25-22(28-23)19-5-3-17(14-24)4-6-19/h3-8,13,15,18H,9-12H2,1-2H3,(H,25,26,27,28). The van der Waals surface area contributed by atoms with E-state index in [2.05, 4.69) is 63.4 Å². The Labute approximate surface area is 171 Å². The van der Waals surface area contributed by atoms with Gasteiger partial charge in [0.05, 0.1) is 11.6 Å². The number of likely N-dealkylation sites (tertiary alicyclic amines) is 1. The highest BCUT2D eigenvalue weighted by molar-refractivity contribution is 5.60. The summed E-state index contributed by atoms with van der Waals surface area (Å²) in [7, 11) is 2.19. The molecule has 1 aliphatic heterocycles. The van der Waals surface area contributed by atoms with Gasteiger partial charge in [-0.05, 0) is 93.3 Å². The van der Waals surface area contributed by atoms with Crippen LogP contribution >= 0.6 is 0 Å². The number of anilines is 2. The monoisotopic (exact) mass is 384 g/mol. The van der Waals surface area contributed by atoms with Crippen molar-refractivity contribution < 1.29 is 0 Å². The smallest absolute Gasteiger partial charge is 0.230 e. The minimum absolute atomic E-state index is 0.505. The number of aryl methyl sites for hydroxylation is 1. The van der Waals surface area contributed by atoms with Crippen molar-refractivity contribution in [3.05, 3.63) is 65.5 Å². The first-order valence-corrected chi connectivity index (χ1v) is 9.88. The van der Waals surface area contributed by atoms with Crippen molar-refractivity contribution in [3.63, 3.8) is 0 Å². The summed E-state index contributed by atoms with van der Waals surface area (Å²) in [5, 5.41) is 12.2. The molecular formula is C23H24N6. The molecule has 6 heteroatoms. The second-order valence-electron chi connectivity index (χ2n) is 7.60. The lowest BCUT2D eigenvalue weighted by Crippen LogP contribution is -2.29. The van der Waals surface area contributed by atoms with E-state index in [9.17, 15) is 0 Å². The normalized spacial score (nSPS) is 15.1. The first-order valence-electron chi connectivity index (χ1n) is 9.88. The highest BCUT2D eigenvalue weighted by atomic mass is 15.1. The largest absolute Gasteiger partial charge is 0.324 e. The molecule has 6 nitrogen and oxygen atoms in total. The molecule has 146 valence electrons. The van der Waals surface area contributed by atoms with Gasteiger partial charge in [-0.25, -0.2) is 9.97 Å². The summed E-state index contributed by atoms with van der Waals surface area (Å²) in [4.78, 5) is 15.4. The van der Waals surface area contributed by atoms with Gasteiger partial charge >= 0.3 is 0 Å². The third-order valence-electron chi connectivity index (χ3n) is 5.53. The van der Waals surface area contributed by atoms with Gasteiger partial charge in [0.2, 0.25) is 5.95 Å². The molecule has 0 bridgehead atoms. The fourth-order valence-corrected chi connectivity index (χ4v) is 3.85. The molecule has 0 radical (unpaired) electrons. The fourth-order valence-electron chi connectivity index (χ4n) is 3.85. The van der Waals surface area contributed by atoms with Gasteiger partial charge in [0.1, 0.15) is 6.33 Å². The molecule has 1 N–H and O–H groups in total.